The summed E-state index contributed by atoms with van der Waals surface area (Å²) < 4.78 is 5.01. The Morgan fingerprint density at radius 3 is 2.72 bits per heavy atom. The van der Waals surface area contributed by atoms with Crippen molar-refractivity contribution in [3.8, 4) is 5.75 Å². The van der Waals surface area contributed by atoms with Crippen molar-refractivity contribution in [3.05, 3.63) is 53.9 Å². The minimum Gasteiger partial charge on any atom is -0.497 e. The summed E-state index contributed by atoms with van der Waals surface area (Å²) in [6.45, 7) is 0. The number of H-pyrrole nitrogens is 1. The van der Waals surface area contributed by atoms with Crippen molar-refractivity contribution in [2.24, 2.45) is 5.10 Å². The fraction of sp³-hybridized carbons (Fsp3) is 0.0769. The lowest BCUT2D eigenvalue weighted by Crippen LogP contribution is -2.17. The third-order valence-electron chi connectivity index (χ3n) is 2.34. The van der Waals surface area contributed by atoms with Gasteiger partial charge in [0.15, 0.2) is 0 Å². The number of amides is 1. The predicted molar refractivity (Wildman–Crippen MR) is 68.8 cm³/mol. The number of nitrogens with one attached hydrogen (secondary N) is 2. The summed E-state index contributed by atoms with van der Waals surface area (Å²) in [5.74, 6) is 0.446. The molecule has 92 valence electrons. The van der Waals surface area contributed by atoms with Crippen LogP contribution in [0.15, 0.2) is 47.7 Å². The Kier molecular flexibility index (Phi) is 3.76. The van der Waals surface area contributed by atoms with Crippen LogP contribution in [0.4, 0.5) is 0 Å². The second-order valence-electron chi connectivity index (χ2n) is 3.55. The van der Waals surface area contributed by atoms with Crippen LogP contribution in [0.5, 0.6) is 5.75 Å². The molecule has 0 aliphatic carbocycles. The largest absolute Gasteiger partial charge is 0.497 e. The molecule has 5 heteroatoms. The maximum Gasteiger partial charge on any atom is 0.271 e. The molecule has 0 aliphatic rings. The van der Waals surface area contributed by atoms with Gasteiger partial charge < -0.3 is 9.72 Å². The van der Waals surface area contributed by atoms with Gasteiger partial charge in [0.05, 0.1) is 19.0 Å². The molecule has 1 amide bonds. The van der Waals surface area contributed by atoms with Crippen LogP contribution in [0.2, 0.25) is 0 Å². The molecule has 0 atom stereocenters. The number of aromatic amines is 1. The summed E-state index contributed by atoms with van der Waals surface area (Å²) in [6.07, 6.45) is 3.33. The van der Waals surface area contributed by atoms with Crippen molar-refractivity contribution in [1.29, 1.82) is 0 Å². The number of hydrogen-bond donors (Lipinski definition) is 2. The highest BCUT2D eigenvalue weighted by Crippen LogP contribution is 2.10. The third kappa shape index (κ3) is 2.98. The molecule has 0 bridgehead atoms. The molecular formula is C13H13N3O2. The monoisotopic (exact) mass is 243 g/mol. The molecule has 1 heterocycles. The smallest absolute Gasteiger partial charge is 0.271 e. The van der Waals surface area contributed by atoms with E-state index in [9.17, 15) is 4.79 Å². The van der Waals surface area contributed by atoms with Crippen LogP contribution >= 0.6 is 0 Å². The Hall–Kier alpha value is -2.56. The molecule has 0 fully saturated rings. The van der Waals surface area contributed by atoms with Crippen LogP contribution in [0.1, 0.15) is 16.1 Å². The van der Waals surface area contributed by atoms with E-state index in [-0.39, 0.29) is 5.91 Å². The number of methoxy groups -OCH3 is 1. The number of hydrogen-bond acceptors (Lipinski definition) is 3. The number of carbonyl (C=O) groups is 1. The lowest BCUT2D eigenvalue weighted by molar-refractivity contribution is 0.0955. The molecule has 18 heavy (non-hydrogen) atoms. The average molecular weight is 243 g/mol. The Balaban J connectivity index is 1.95. The number of nitrogens with zero attached hydrogens (tertiary/aromatic N) is 1. The van der Waals surface area contributed by atoms with Crippen molar-refractivity contribution in [3.63, 3.8) is 0 Å². The molecule has 0 spiro atoms. The van der Waals surface area contributed by atoms with Gasteiger partial charge >= 0.3 is 0 Å². The normalized spacial score (nSPS) is 10.5. The van der Waals surface area contributed by atoms with Crippen LogP contribution in [0, 0.1) is 0 Å². The zero-order valence-electron chi connectivity index (χ0n) is 9.88. The number of benzene rings is 1. The van der Waals surface area contributed by atoms with Gasteiger partial charge in [-0.3, -0.25) is 4.79 Å². The Bertz CT molecular complexity index is 530. The number of carbonyl (C=O) groups excluding carboxylic acids is 1. The SMILES string of the molecule is COc1ccc(C(=O)N/N=C/c2ccc[nH]2)cc1. The van der Waals surface area contributed by atoms with Crippen LogP contribution in [0.25, 0.3) is 0 Å². The second kappa shape index (κ2) is 5.67. The lowest BCUT2D eigenvalue weighted by Gasteiger charge is -2.01. The molecule has 5 nitrogen and oxygen atoms in total. The number of rotatable bonds is 4. The zero-order chi connectivity index (χ0) is 12.8. The van der Waals surface area contributed by atoms with E-state index in [0.29, 0.717) is 11.3 Å². The minimum atomic E-state index is -0.263. The molecule has 2 rings (SSSR count). The molecule has 0 saturated heterocycles. The van der Waals surface area contributed by atoms with Crippen molar-refractivity contribution >= 4 is 12.1 Å². The molecule has 2 aromatic rings. The summed E-state index contributed by atoms with van der Waals surface area (Å²) in [5, 5.41) is 3.85. The van der Waals surface area contributed by atoms with Gasteiger partial charge in [-0.1, -0.05) is 0 Å². The van der Waals surface area contributed by atoms with E-state index in [1.807, 2.05) is 12.1 Å². The molecule has 0 aliphatic heterocycles. The Morgan fingerprint density at radius 1 is 1.33 bits per heavy atom. The Labute approximate surface area is 104 Å². The lowest BCUT2D eigenvalue weighted by atomic mass is 10.2. The van der Waals surface area contributed by atoms with Gasteiger partial charge in [-0.25, -0.2) is 5.43 Å². The van der Waals surface area contributed by atoms with Gasteiger partial charge in [-0.2, -0.15) is 5.10 Å². The van der Waals surface area contributed by atoms with Gasteiger partial charge in [-0.15, -0.1) is 0 Å². The first-order chi connectivity index (χ1) is 8.79. The van der Waals surface area contributed by atoms with Crippen LogP contribution in [0.3, 0.4) is 0 Å². The summed E-state index contributed by atoms with van der Waals surface area (Å²) >= 11 is 0. The molecule has 0 unspecified atom stereocenters. The number of ether oxygens (including phenoxy) is 1. The molecule has 1 aromatic carbocycles. The highest BCUT2D eigenvalue weighted by Gasteiger charge is 2.03. The van der Waals surface area contributed by atoms with Crippen molar-refractivity contribution < 1.29 is 9.53 Å². The first kappa shape index (κ1) is 11.9. The molecule has 2 N–H and O–H groups in total. The maximum absolute atomic E-state index is 11.7. The minimum absolute atomic E-state index is 0.263. The van der Waals surface area contributed by atoms with Gasteiger partial charge in [0, 0.05) is 11.8 Å². The second-order valence-corrected chi connectivity index (χ2v) is 3.55. The van der Waals surface area contributed by atoms with Crippen LogP contribution in [-0.4, -0.2) is 24.2 Å². The van der Waals surface area contributed by atoms with E-state index in [2.05, 4.69) is 15.5 Å². The van der Waals surface area contributed by atoms with Gasteiger partial charge in [-0.05, 0) is 36.4 Å². The van der Waals surface area contributed by atoms with Crippen LogP contribution in [-0.2, 0) is 0 Å². The first-order valence-electron chi connectivity index (χ1n) is 5.40. The molecular weight excluding hydrogens is 230 g/mol. The summed E-state index contributed by atoms with van der Waals surface area (Å²) in [7, 11) is 1.58. The van der Waals surface area contributed by atoms with Crippen LogP contribution < -0.4 is 10.2 Å². The van der Waals surface area contributed by atoms with Gasteiger partial charge in [0.1, 0.15) is 5.75 Å². The molecule has 0 saturated carbocycles. The van der Waals surface area contributed by atoms with E-state index in [1.165, 1.54) is 0 Å². The third-order valence-corrected chi connectivity index (χ3v) is 2.34. The van der Waals surface area contributed by atoms with E-state index in [0.717, 1.165) is 5.69 Å². The van der Waals surface area contributed by atoms with Crippen molar-refractivity contribution in [2.75, 3.05) is 7.11 Å². The quantitative estimate of drug-likeness (QED) is 0.635. The van der Waals surface area contributed by atoms with E-state index in [1.54, 1.807) is 43.8 Å². The van der Waals surface area contributed by atoms with Gasteiger partial charge in [0.2, 0.25) is 0 Å². The molecule has 0 radical (unpaired) electrons. The molecule has 1 aromatic heterocycles. The standard InChI is InChI=1S/C13H13N3O2/c1-18-12-6-4-10(5-7-12)13(17)16-15-9-11-3-2-8-14-11/h2-9,14H,1H3,(H,16,17)/b15-9+. The highest BCUT2D eigenvalue weighted by molar-refractivity contribution is 5.94. The fourth-order valence-electron chi connectivity index (χ4n) is 1.39. The summed E-state index contributed by atoms with van der Waals surface area (Å²) in [4.78, 5) is 14.6. The van der Waals surface area contributed by atoms with Gasteiger partial charge in [0.25, 0.3) is 5.91 Å². The average Bonchev–Trinajstić information content (AvgIpc) is 2.92. The number of aromatic nitrogens is 1. The highest BCUT2D eigenvalue weighted by atomic mass is 16.5. The zero-order valence-corrected chi connectivity index (χ0v) is 9.88. The van der Waals surface area contributed by atoms with E-state index >= 15 is 0 Å². The predicted octanol–water partition coefficient (Wildman–Crippen LogP) is 1.79. The van der Waals surface area contributed by atoms with E-state index in [4.69, 9.17) is 4.74 Å². The van der Waals surface area contributed by atoms with Crippen molar-refractivity contribution in [1.82, 2.24) is 10.4 Å². The maximum atomic E-state index is 11.7. The topological polar surface area (TPSA) is 66.5 Å². The fourth-order valence-corrected chi connectivity index (χ4v) is 1.39. The first-order valence-corrected chi connectivity index (χ1v) is 5.40. The number of hydrazone groups is 1. The van der Waals surface area contributed by atoms with E-state index < -0.39 is 0 Å². The summed E-state index contributed by atoms with van der Waals surface area (Å²) in [5.41, 5.74) is 3.80. The van der Waals surface area contributed by atoms with Crippen molar-refractivity contribution in [2.45, 2.75) is 0 Å². The Morgan fingerprint density at radius 2 is 2.11 bits per heavy atom. The summed E-state index contributed by atoms with van der Waals surface area (Å²) in [6, 6.07) is 10.5.